The zero-order chi connectivity index (χ0) is 27.2. The number of aliphatic hydroxyl groups excluding tert-OH is 1. The van der Waals surface area contributed by atoms with E-state index in [4.69, 9.17) is 9.84 Å². The third-order valence-electron chi connectivity index (χ3n) is 7.66. The summed E-state index contributed by atoms with van der Waals surface area (Å²) in [6.45, 7) is 2.49. The molecule has 0 spiro atoms. The summed E-state index contributed by atoms with van der Waals surface area (Å²) in [4.78, 5) is 22.0. The van der Waals surface area contributed by atoms with Crippen LogP contribution in [0, 0.1) is 12.8 Å². The van der Waals surface area contributed by atoms with Crippen molar-refractivity contribution in [1.29, 1.82) is 0 Å². The summed E-state index contributed by atoms with van der Waals surface area (Å²) in [7, 11) is 1.74. The summed E-state index contributed by atoms with van der Waals surface area (Å²) >= 11 is 0. The van der Waals surface area contributed by atoms with E-state index >= 15 is 0 Å². The van der Waals surface area contributed by atoms with Gasteiger partial charge in [-0.25, -0.2) is 14.6 Å². The van der Waals surface area contributed by atoms with Crippen LogP contribution in [-0.4, -0.2) is 50.5 Å². The van der Waals surface area contributed by atoms with E-state index in [0.29, 0.717) is 17.4 Å². The molecule has 39 heavy (non-hydrogen) atoms. The number of amides is 1. The number of hydrogen-bond donors (Lipinski definition) is 2. The van der Waals surface area contributed by atoms with Crippen LogP contribution in [0.15, 0.2) is 73.1 Å². The largest absolute Gasteiger partial charge is 0.388 e. The van der Waals surface area contributed by atoms with Gasteiger partial charge in [-0.2, -0.15) is 5.10 Å². The molecule has 1 saturated carbocycles. The van der Waals surface area contributed by atoms with Crippen molar-refractivity contribution in [2.24, 2.45) is 5.92 Å². The Labute approximate surface area is 229 Å². The number of ether oxygens (including phenoxy) is 1. The van der Waals surface area contributed by atoms with Crippen LogP contribution in [-0.2, 0) is 22.6 Å². The summed E-state index contributed by atoms with van der Waals surface area (Å²) in [6, 6.07) is 20.4. The zero-order valence-corrected chi connectivity index (χ0v) is 22.5. The lowest BCUT2D eigenvalue weighted by Gasteiger charge is -2.21. The molecule has 1 aliphatic rings. The molecule has 1 amide bonds. The number of aliphatic hydroxyl groups is 1. The quantitative estimate of drug-likeness (QED) is 0.319. The maximum Gasteiger partial charge on any atom is 0.226 e. The normalized spacial score (nSPS) is 18.8. The average molecular weight is 526 g/mol. The predicted molar refractivity (Wildman–Crippen MR) is 149 cm³/mol. The van der Waals surface area contributed by atoms with E-state index in [2.05, 4.69) is 39.6 Å². The maximum atomic E-state index is 13.6. The predicted octanol–water partition coefficient (Wildman–Crippen LogP) is 4.39. The highest BCUT2D eigenvalue weighted by molar-refractivity contribution is 5.80. The van der Waals surface area contributed by atoms with E-state index in [1.807, 2.05) is 48.0 Å². The van der Waals surface area contributed by atoms with Gasteiger partial charge in [-0.15, -0.1) is 0 Å². The van der Waals surface area contributed by atoms with Gasteiger partial charge in [-0.05, 0) is 55.4 Å². The van der Waals surface area contributed by atoms with Crippen LogP contribution >= 0.6 is 0 Å². The number of benzene rings is 2. The fourth-order valence-electron chi connectivity index (χ4n) is 5.66. The van der Waals surface area contributed by atoms with Crippen LogP contribution in [0.1, 0.15) is 47.8 Å². The fraction of sp³-hybridized carbons (Fsp3) is 0.355. The van der Waals surface area contributed by atoms with Crippen molar-refractivity contribution < 1.29 is 14.6 Å². The Kier molecular flexibility index (Phi) is 8.44. The minimum atomic E-state index is -0.222. The summed E-state index contributed by atoms with van der Waals surface area (Å²) in [5.41, 5.74) is 5.33. The molecule has 1 aliphatic carbocycles. The summed E-state index contributed by atoms with van der Waals surface area (Å²) < 4.78 is 7.18. The third kappa shape index (κ3) is 6.08. The molecule has 4 aromatic rings. The molecule has 0 saturated heterocycles. The van der Waals surface area contributed by atoms with Crippen molar-refractivity contribution in [3.63, 3.8) is 0 Å². The van der Waals surface area contributed by atoms with Crippen molar-refractivity contribution in [2.75, 3.05) is 13.7 Å². The Morgan fingerprint density at radius 1 is 1.05 bits per heavy atom. The fourth-order valence-corrected chi connectivity index (χ4v) is 5.66. The first-order valence-corrected chi connectivity index (χ1v) is 13.5. The number of para-hydroxylation sites is 1. The highest BCUT2D eigenvalue weighted by Gasteiger charge is 2.36. The number of aromatic nitrogens is 4. The van der Waals surface area contributed by atoms with E-state index < -0.39 is 0 Å². The number of methoxy groups -OCH3 is 1. The molecule has 2 N–H and O–H groups in total. The highest BCUT2D eigenvalue weighted by atomic mass is 16.5. The standard InChI is InChI=1S/C31H35N5O3/c1-21-28(36(25-11-7-4-8-12-25)35-31(21)24-18-32-29(20-37)33-19-24)17-30(38)34-27-16-22(13-14-39-2)15-26(27)23-9-5-3-6-10-23/h3-12,18-19,22,26-27,37H,13-17,20H2,1-2H3,(H,34,38)/t22-,26-,27+/m0/s1. The number of hydrogen-bond acceptors (Lipinski definition) is 6. The first-order valence-electron chi connectivity index (χ1n) is 13.5. The molecule has 202 valence electrons. The molecule has 2 heterocycles. The second-order valence-corrected chi connectivity index (χ2v) is 10.2. The van der Waals surface area contributed by atoms with Gasteiger partial charge in [0, 0.05) is 43.6 Å². The lowest BCUT2D eigenvalue weighted by Crippen LogP contribution is -2.38. The summed E-state index contributed by atoms with van der Waals surface area (Å²) in [5.74, 6) is 1.11. The van der Waals surface area contributed by atoms with Crippen LogP contribution in [0.3, 0.4) is 0 Å². The van der Waals surface area contributed by atoms with Crippen molar-refractivity contribution in [2.45, 2.75) is 51.2 Å². The van der Waals surface area contributed by atoms with E-state index in [9.17, 15) is 9.90 Å². The highest BCUT2D eigenvalue weighted by Crippen LogP contribution is 2.40. The molecule has 5 rings (SSSR count). The van der Waals surface area contributed by atoms with Crippen LogP contribution in [0.25, 0.3) is 16.9 Å². The Morgan fingerprint density at radius 2 is 1.74 bits per heavy atom. The summed E-state index contributed by atoms with van der Waals surface area (Å²) in [5, 5.41) is 17.6. The summed E-state index contributed by atoms with van der Waals surface area (Å²) in [6.07, 6.45) is 6.49. The molecular weight excluding hydrogens is 490 g/mol. The Hall–Kier alpha value is -3.88. The molecule has 8 heteroatoms. The van der Waals surface area contributed by atoms with Crippen LogP contribution in [0.4, 0.5) is 0 Å². The van der Waals surface area contributed by atoms with Gasteiger partial charge in [0.15, 0.2) is 5.82 Å². The van der Waals surface area contributed by atoms with E-state index in [-0.39, 0.29) is 30.9 Å². The minimum absolute atomic E-state index is 0.0214. The second kappa shape index (κ2) is 12.3. The molecule has 0 radical (unpaired) electrons. The van der Waals surface area contributed by atoms with Crippen molar-refractivity contribution in [1.82, 2.24) is 25.1 Å². The molecule has 0 aliphatic heterocycles. The second-order valence-electron chi connectivity index (χ2n) is 10.2. The van der Waals surface area contributed by atoms with Gasteiger partial charge >= 0.3 is 0 Å². The van der Waals surface area contributed by atoms with Gasteiger partial charge in [-0.3, -0.25) is 4.79 Å². The van der Waals surface area contributed by atoms with E-state index in [1.165, 1.54) is 5.56 Å². The van der Waals surface area contributed by atoms with Crippen molar-refractivity contribution in [3.05, 3.63) is 95.7 Å². The monoisotopic (exact) mass is 525 g/mol. The lowest BCUT2D eigenvalue weighted by atomic mass is 9.93. The maximum absolute atomic E-state index is 13.6. The number of carbonyl (C=O) groups is 1. The van der Waals surface area contributed by atoms with E-state index in [1.54, 1.807) is 19.5 Å². The first-order chi connectivity index (χ1) is 19.1. The van der Waals surface area contributed by atoms with E-state index in [0.717, 1.165) is 48.4 Å². The molecule has 2 aromatic carbocycles. The first kappa shape index (κ1) is 26.7. The van der Waals surface area contributed by atoms with Gasteiger partial charge in [0.05, 0.1) is 23.5 Å². The van der Waals surface area contributed by atoms with Gasteiger partial charge < -0.3 is 15.2 Å². The molecule has 3 atom stereocenters. The molecule has 1 fully saturated rings. The zero-order valence-electron chi connectivity index (χ0n) is 22.5. The van der Waals surface area contributed by atoms with Crippen LogP contribution in [0.2, 0.25) is 0 Å². The SMILES string of the molecule is COCC[C@@H]1C[C@@H](NC(=O)Cc2c(C)c(-c3cnc(CO)nc3)nn2-c2ccccc2)[C@H](c2ccccc2)C1. The van der Waals surface area contributed by atoms with Crippen LogP contribution < -0.4 is 5.32 Å². The number of nitrogens with one attached hydrogen (secondary N) is 1. The molecule has 2 aromatic heterocycles. The molecular formula is C31H35N5O3. The minimum Gasteiger partial charge on any atom is -0.388 e. The van der Waals surface area contributed by atoms with Gasteiger partial charge in [0.25, 0.3) is 0 Å². The van der Waals surface area contributed by atoms with Gasteiger partial charge in [0.2, 0.25) is 5.91 Å². The number of nitrogens with zero attached hydrogens (tertiary/aromatic N) is 4. The number of carbonyl (C=O) groups excluding carboxylic acids is 1. The number of rotatable bonds is 10. The topological polar surface area (TPSA) is 102 Å². The average Bonchev–Trinajstić information content (AvgIpc) is 3.53. The van der Waals surface area contributed by atoms with Crippen molar-refractivity contribution in [3.8, 4) is 16.9 Å². The molecule has 0 unspecified atom stereocenters. The smallest absolute Gasteiger partial charge is 0.226 e. The van der Waals surface area contributed by atoms with Crippen molar-refractivity contribution >= 4 is 5.91 Å². The Bertz CT molecular complexity index is 1370. The molecule has 0 bridgehead atoms. The Morgan fingerprint density at radius 3 is 2.41 bits per heavy atom. The Balaban J connectivity index is 1.41. The van der Waals surface area contributed by atoms with Gasteiger partial charge in [0.1, 0.15) is 6.61 Å². The van der Waals surface area contributed by atoms with Crippen LogP contribution in [0.5, 0.6) is 0 Å². The van der Waals surface area contributed by atoms with Gasteiger partial charge in [-0.1, -0.05) is 48.5 Å². The lowest BCUT2D eigenvalue weighted by molar-refractivity contribution is -0.121. The molecule has 8 nitrogen and oxygen atoms in total. The third-order valence-corrected chi connectivity index (χ3v) is 7.66.